The molecule has 2 rings (SSSR count). The predicted molar refractivity (Wildman–Crippen MR) is 74.7 cm³/mol. The Morgan fingerprint density at radius 3 is 2.65 bits per heavy atom. The first-order valence-electron chi connectivity index (χ1n) is 6.83. The molecule has 1 N–H and O–H groups in total. The Labute approximate surface area is 105 Å². The highest BCUT2D eigenvalue weighted by atomic mass is 15.1. The number of nitrogens with zero attached hydrogens (tertiary/aromatic N) is 1. The number of benzene rings is 1. The number of likely N-dealkylation sites (N-methyl/N-ethyl adjacent to an activating group) is 1. The first kappa shape index (κ1) is 12.4. The Morgan fingerprint density at radius 1 is 1.29 bits per heavy atom. The van der Waals surface area contributed by atoms with Crippen LogP contribution in [0.2, 0.25) is 0 Å². The second-order valence-electron chi connectivity index (χ2n) is 5.09. The van der Waals surface area contributed by atoms with Gasteiger partial charge in [0, 0.05) is 25.3 Å². The van der Waals surface area contributed by atoms with Crippen molar-refractivity contribution in [2.24, 2.45) is 0 Å². The molecule has 1 aromatic rings. The third-order valence-electron chi connectivity index (χ3n) is 3.57. The van der Waals surface area contributed by atoms with E-state index in [1.54, 1.807) is 0 Å². The van der Waals surface area contributed by atoms with Gasteiger partial charge >= 0.3 is 0 Å². The number of nitrogens with one attached hydrogen (secondary N) is 1. The Kier molecular flexibility index (Phi) is 4.43. The van der Waals surface area contributed by atoms with Crippen LogP contribution >= 0.6 is 0 Å². The van der Waals surface area contributed by atoms with Crippen LogP contribution in [0.5, 0.6) is 0 Å². The normalized spacial score (nSPS) is 19.5. The highest BCUT2D eigenvalue weighted by Crippen LogP contribution is 2.16. The maximum Gasteiger partial charge on any atom is 0.0364 e. The van der Waals surface area contributed by atoms with Crippen LogP contribution in [0.25, 0.3) is 0 Å². The molecule has 2 nitrogen and oxygen atoms in total. The molecule has 0 saturated carbocycles. The Balaban J connectivity index is 1.91. The molecule has 1 aliphatic heterocycles. The van der Waals surface area contributed by atoms with Gasteiger partial charge in [-0.25, -0.2) is 0 Å². The van der Waals surface area contributed by atoms with Crippen molar-refractivity contribution in [3.8, 4) is 0 Å². The molecule has 0 bridgehead atoms. The fourth-order valence-electron chi connectivity index (χ4n) is 2.55. The summed E-state index contributed by atoms with van der Waals surface area (Å²) in [4.78, 5) is 2.36. The van der Waals surface area contributed by atoms with Crippen molar-refractivity contribution in [2.75, 3.05) is 25.0 Å². The molecule has 1 aliphatic rings. The van der Waals surface area contributed by atoms with Crippen LogP contribution in [-0.4, -0.2) is 26.2 Å². The highest BCUT2D eigenvalue weighted by molar-refractivity contribution is 5.47. The summed E-state index contributed by atoms with van der Waals surface area (Å²) >= 11 is 0. The molecular formula is C15H24N2. The van der Waals surface area contributed by atoms with Gasteiger partial charge in [-0.3, -0.25) is 0 Å². The van der Waals surface area contributed by atoms with E-state index in [9.17, 15) is 0 Å². The van der Waals surface area contributed by atoms with Crippen molar-refractivity contribution in [1.82, 2.24) is 5.32 Å². The predicted octanol–water partition coefficient (Wildman–Crippen LogP) is 2.83. The van der Waals surface area contributed by atoms with Crippen LogP contribution in [0, 0.1) is 0 Å². The lowest BCUT2D eigenvalue weighted by molar-refractivity contribution is 0.600. The van der Waals surface area contributed by atoms with Gasteiger partial charge in [0.1, 0.15) is 0 Å². The number of rotatable bonds is 5. The minimum Gasteiger partial charge on any atom is -0.373 e. The van der Waals surface area contributed by atoms with E-state index in [1.807, 2.05) is 0 Å². The molecule has 0 amide bonds. The molecule has 1 aromatic carbocycles. The van der Waals surface area contributed by atoms with Gasteiger partial charge < -0.3 is 10.2 Å². The van der Waals surface area contributed by atoms with Crippen LogP contribution < -0.4 is 10.2 Å². The smallest absolute Gasteiger partial charge is 0.0364 e. The standard InChI is InChI=1S/C15H24N2/c1-3-5-13-7-9-15(10-8-13)17(2)12-14-6-4-11-16-14/h7-10,14,16H,3-6,11-12H2,1-2H3. The van der Waals surface area contributed by atoms with E-state index in [1.165, 1.54) is 43.5 Å². The van der Waals surface area contributed by atoms with Crippen LogP contribution in [-0.2, 0) is 6.42 Å². The first-order valence-corrected chi connectivity index (χ1v) is 6.83. The third-order valence-corrected chi connectivity index (χ3v) is 3.57. The fraction of sp³-hybridized carbons (Fsp3) is 0.600. The van der Waals surface area contributed by atoms with Crippen molar-refractivity contribution in [3.63, 3.8) is 0 Å². The topological polar surface area (TPSA) is 15.3 Å². The SMILES string of the molecule is CCCc1ccc(N(C)CC2CCCN2)cc1. The van der Waals surface area contributed by atoms with Gasteiger partial charge in [0.15, 0.2) is 0 Å². The van der Waals surface area contributed by atoms with Crippen LogP contribution in [0.15, 0.2) is 24.3 Å². The quantitative estimate of drug-likeness (QED) is 0.840. The lowest BCUT2D eigenvalue weighted by Crippen LogP contribution is -2.35. The Bertz CT molecular complexity index is 325. The van der Waals surface area contributed by atoms with E-state index in [0.29, 0.717) is 6.04 Å². The zero-order chi connectivity index (χ0) is 12.1. The largest absolute Gasteiger partial charge is 0.373 e. The van der Waals surface area contributed by atoms with Crippen LogP contribution in [0.3, 0.4) is 0 Å². The van der Waals surface area contributed by atoms with Gasteiger partial charge in [-0.15, -0.1) is 0 Å². The summed E-state index contributed by atoms with van der Waals surface area (Å²) in [7, 11) is 2.19. The molecular weight excluding hydrogens is 208 g/mol. The zero-order valence-corrected chi connectivity index (χ0v) is 11.1. The molecule has 1 saturated heterocycles. The maximum atomic E-state index is 3.55. The van der Waals surface area contributed by atoms with Crippen molar-refractivity contribution in [1.29, 1.82) is 0 Å². The third kappa shape index (κ3) is 3.47. The van der Waals surface area contributed by atoms with Gasteiger partial charge in [-0.1, -0.05) is 25.5 Å². The average molecular weight is 232 g/mol. The molecule has 17 heavy (non-hydrogen) atoms. The van der Waals surface area contributed by atoms with E-state index >= 15 is 0 Å². The van der Waals surface area contributed by atoms with Gasteiger partial charge in [0.2, 0.25) is 0 Å². The molecule has 0 radical (unpaired) electrons. The van der Waals surface area contributed by atoms with Gasteiger partial charge in [-0.2, -0.15) is 0 Å². The number of aryl methyl sites for hydroxylation is 1. The summed E-state index contributed by atoms with van der Waals surface area (Å²) < 4.78 is 0. The maximum absolute atomic E-state index is 3.55. The summed E-state index contributed by atoms with van der Waals surface area (Å²) in [5.41, 5.74) is 2.78. The minimum absolute atomic E-state index is 0.676. The van der Waals surface area contributed by atoms with Crippen LogP contribution in [0.1, 0.15) is 31.7 Å². The van der Waals surface area contributed by atoms with E-state index < -0.39 is 0 Å². The van der Waals surface area contributed by atoms with Gasteiger partial charge in [-0.05, 0) is 43.5 Å². The zero-order valence-electron chi connectivity index (χ0n) is 11.1. The molecule has 1 heterocycles. The van der Waals surface area contributed by atoms with E-state index in [4.69, 9.17) is 0 Å². The average Bonchev–Trinajstić information content (AvgIpc) is 2.83. The Hall–Kier alpha value is -1.02. The molecule has 1 unspecified atom stereocenters. The number of hydrogen-bond donors (Lipinski definition) is 1. The second kappa shape index (κ2) is 6.06. The van der Waals surface area contributed by atoms with Crippen molar-refractivity contribution in [3.05, 3.63) is 29.8 Å². The fourth-order valence-corrected chi connectivity index (χ4v) is 2.55. The molecule has 0 aliphatic carbocycles. The van der Waals surface area contributed by atoms with E-state index in [-0.39, 0.29) is 0 Å². The molecule has 2 heteroatoms. The highest BCUT2D eigenvalue weighted by Gasteiger charge is 2.15. The summed E-state index contributed by atoms with van der Waals surface area (Å²) in [6.07, 6.45) is 5.06. The monoisotopic (exact) mass is 232 g/mol. The summed E-state index contributed by atoms with van der Waals surface area (Å²) in [5, 5.41) is 3.55. The summed E-state index contributed by atoms with van der Waals surface area (Å²) in [5.74, 6) is 0. The molecule has 0 spiro atoms. The van der Waals surface area contributed by atoms with Gasteiger partial charge in [0.05, 0.1) is 0 Å². The van der Waals surface area contributed by atoms with Crippen LogP contribution in [0.4, 0.5) is 5.69 Å². The minimum atomic E-state index is 0.676. The summed E-state index contributed by atoms with van der Waals surface area (Å²) in [6, 6.07) is 9.70. The molecule has 1 fully saturated rings. The van der Waals surface area contributed by atoms with E-state index in [0.717, 1.165) is 6.54 Å². The number of hydrogen-bond acceptors (Lipinski definition) is 2. The van der Waals surface area contributed by atoms with Gasteiger partial charge in [0.25, 0.3) is 0 Å². The first-order chi connectivity index (χ1) is 8.29. The lowest BCUT2D eigenvalue weighted by atomic mass is 10.1. The summed E-state index contributed by atoms with van der Waals surface area (Å²) in [6.45, 7) is 4.53. The Morgan fingerprint density at radius 2 is 2.06 bits per heavy atom. The van der Waals surface area contributed by atoms with Crippen molar-refractivity contribution in [2.45, 2.75) is 38.6 Å². The lowest BCUT2D eigenvalue weighted by Gasteiger charge is -2.23. The number of anilines is 1. The molecule has 0 aromatic heterocycles. The second-order valence-corrected chi connectivity index (χ2v) is 5.09. The van der Waals surface area contributed by atoms with Crippen molar-refractivity contribution >= 4 is 5.69 Å². The van der Waals surface area contributed by atoms with E-state index in [2.05, 4.69) is 48.5 Å². The van der Waals surface area contributed by atoms with Crippen molar-refractivity contribution < 1.29 is 0 Å². The molecule has 1 atom stereocenters. The molecule has 94 valence electrons.